The van der Waals surface area contributed by atoms with Crippen LogP contribution in [0.2, 0.25) is 0 Å². The number of ether oxygens (including phenoxy) is 1. The van der Waals surface area contributed by atoms with Crippen molar-refractivity contribution in [3.8, 4) is 22.9 Å². The normalized spacial score (nSPS) is 11.7. The Balaban J connectivity index is 1.51. The highest BCUT2D eigenvalue weighted by atomic mass is 16.5. The fourth-order valence-corrected chi connectivity index (χ4v) is 3.16. The molecule has 0 aliphatic carbocycles. The zero-order valence-electron chi connectivity index (χ0n) is 17.5. The van der Waals surface area contributed by atoms with Crippen LogP contribution in [0.15, 0.2) is 55.5 Å². The minimum Gasteiger partial charge on any atom is -0.487 e. The molecule has 4 aromatic rings. The molecule has 0 aliphatic heterocycles. The van der Waals surface area contributed by atoms with Crippen LogP contribution in [0, 0.1) is 18.3 Å². The highest BCUT2D eigenvalue weighted by Crippen LogP contribution is 2.28. The Kier molecular flexibility index (Phi) is 5.62. The van der Waals surface area contributed by atoms with E-state index in [0.29, 0.717) is 23.8 Å². The second-order valence-electron chi connectivity index (χ2n) is 7.26. The van der Waals surface area contributed by atoms with Gasteiger partial charge >= 0.3 is 0 Å². The maximum Gasteiger partial charge on any atom is 0.227 e. The number of nitrogens with zero attached hydrogens (tertiary/aromatic N) is 7. The smallest absolute Gasteiger partial charge is 0.227 e. The van der Waals surface area contributed by atoms with E-state index in [1.165, 1.54) is 0 Å². The van der Waals surface area contributed by atoms with Gasteiger partial charge in [-0.05, 0) is 31.5 Å². The summed E-state index contributed by atoms with van der Waals surface area (Å²) in [7, 11) is 1.84. The minimum absolute atomic E-state index is 0.141. The van der Waals surface area contributed by atoms with Crippen molar-refractivity contribution in [1.82, 2.24) is 29.3 Å². The average molecular weight is 414 g/mol. The highest BCUT2D eigenvalue weighted by Gasteiger charge is 2.12. The number of nitrogens with one attached hydrogen (secondary N) is 1. The molecule has 3 heterocycles. The van der Waals surface area contributed by atoms with E-state index in [1.54, 1.807) is 41.9 Å². The molecule has 0 saturated heterocycles. The van der Waals surface area contributed by atoms with E-state index >= 15 is 0 Å². The molecule has 0 saturated carbocycles. The molecule has 156 valence electrons. The first kappa shape index (κ1) is 20.1. The molecule has 9 heteroatoms. The number of imidazole rings is 1. The fraction of sp³-hybridized carbons (Fsp3) is 0.227. The standard InChI is InChI=1S/C22H22N8O/c1-15-8-24-14-30(15)12-16(2)31-21-6-17(4-5-18(21)7-23)19-9-25-22(26-10-19)28-20-11-27-29(3)13-20/h4-6,8-11,13-14,16H,12H2,1-3H3,(H,25,26,28). The monoisotopic (exact) mass is 414 g/mol. The van der Waals surface area contributed by atoms with E-state index in [4.69, 9.17) is 4.74 Å². The first-order valence-corrected chi connectivity index (χ1v) is 9.77. The van der Waals surface area contributed by atoms with Crippen LogP contribution in [0.25, 0.3) is 11.1 Å². The van der Waals surface area contributed by atoms with Gasteiger partial charge in [-0.25, -0.2) is 15.0 Å². The van der Waals surface area contributed by atoms with Gasteiger partial charge in [0, 0.05) is 43.1 Å². The van der Waals surface area contributed by atoms with E-state index in [1.807, 2.05) is 43.8 Å². The lowest BCUT2D eigenvalue weighted by Crippen LogP contribution is -2.20. The zero-order chi connectivity index (χ0) is 21.8. The lowest BCUT2D eigenvalue weighted by molar-refractivity contribution is 0.198. The van der Waals surface area contributed by atoms with Crippen molar-refractivity contribution in [1.29, 1.82) is 5.26 Å². The Morgan fingerprint density at radius 1 is 1.16 bits per heavy atom. The third kappa shape index (κ3) is 4.70. The summed E-state index contributed by atoms with van der Waals surface area (Å²) in [6, 6.07) is 7.66. The van der Waals surface area contributed by atoms with Crippen LogP contribution in [0.1, 0.15) is 18.2 Å². The summed E-state index contributed by atoms with van der Waals surface area (Å²) >= 11 is 0. The summed E-state index contributed by atoms with van der Waals surface area (Å²) in [5.41, 5.74) is 4.04. The van der Waals surface area contributed by atoms with Crippen LogP contribution in [0.5, 0.6) is 5.75 Å². The lowest BCUT2D eigenvalue weighted by atomic mass is 10.1. The summed E-state index contributed by atoms with van der Waals surface area (Å²) < 4.78 is 9.81. The molecule has 9 nitrogen and oxygen atoms in total. The van der Waals surface area contributed by atoms with Crippen molar-refractivity contribution in [3.05, 3.63) is 66.8 Å². The molecular weight excluding hydrogens is 392 g/mol. The zero-order valence-corrected chi connectivity index (χ0v) is 17.5. The van der Waals surface area contributed by atoms with Gasteiger partial charge in [-0.15, -0.1) is 0 Å². The summed E-state index contributed by atoms with van der Waals surface area (Å²) in [4.78, 5) is 12.9. The Bertz CT molecular complexity index is 1220. The van der Waals surface area contributed by atoms with Gasteiger partial charge < -0.3 is 14.6 Å². The second kappa shape index (κ2) is 8.67. The second-order valence-corrected chi connectivity index (χ2v) is 7.26. The van der Waals surface area contributed by atoms with Crippen LogP contribution in [0.4, 0.5) is 11.6 Å². The number of hydrogen-bond acceptors (Lipinski definition) is 7. The highest BCUT2D eigenvalue weighted by molar-refractivity contribution is 5.66. The summed E-state index contributed by atoms with van der Waals surface area (Å²) in [5, 5.41) is 16.7. The third-order valence-corrected chi connectivity index (χ3v) is 4.75. The number of rotatable bonds is 7. The largest absolute Gasteiger partial charge is 0.487 e. The Labute approximate surface area is 180 Å². The molecule has 1 aromatic carbocycles. The van der Waals surface area contributed by atoms with E-state index in [0.717, 1.165) is 22.5 Å². The van der Waals surface area contributed by atoms with Crippen LogP contribution in [-0.4, -0.2) is 35.4 Å². The Morgan fingerprint density at radius 3 is 2.61 bits per heavy atom. The van der Waals surface area contributed by atoms with Gasteiger partial charge in [0.2, 0.25) is 5.95 Å². The van der Waals surface area contributed by atoms with Crippen molar-refractivity contribution < 1.29 is 4.74 Å². The molecule has 0 fully saturated rings. The van der Waals surface area contributed by atoms with Crippen molar-refractivity contribution >= 4 is 11.6 Å². The Morgan fingerprint density at radius 2 is 1.97 bits per heavy atom. The fourth-order valence-electron chi connectivity index (χ4n) is 3.16. The van der Waals surface area contributed by atoms with Gasteiger partial charge in [0.15, 0.2) is 0 Å². The van der Waals surface area contributed by atoms with Crippen molar-refractivity contribution in [3.63, 3.8) is 0 Å². The molecule has 0 amide bonds. The molecule has 0 aliphatic rings. The van der Waals surface area contributed by atoms with E-state index < -0.39 is 0 Å². The number of hydrogen-bond donors (Lipinski definition) is 1. The molecule has 0 radical (unpaired) electrons. The average Bonchev–Trinajstić information content (AvgIpc) is 3.36. The Hall–Kier alpha value is -4.19. The predicted molar refractivity (Wildman–Crippen MR) is 116 cm³/mol. The van der Waals surface area contributed by atoms with Crippen LogP contribution in [0.3, 0.4) is 0 Å². The predicted octanol–water partition coefficient (Wildman–Crippen LogP) is 3.46. The van der Waals surface area contributed by atoms with Crippen LogP contribution >= 0.6 is 0 Å². The number of benzene rings is 1. The maximum absolute atomic E-state index is 9.49. The van der Waals surface area contributed by atoms with Gasteiger partial charge in [0.25, 0.3) is 0 Å². The first-order valence-electron chi connectivity index (χ1n) is 9.77. The molecule has 31 heavy (non-hydrogen) atoms. The summed E-state index contributed by atoms with van der Waals surface area (Å²) in [6.45, 7) is 4.60. The summed E-state index contributed by atoms with van der Waals surface area (Å²) in [5.74, 6) is 1.01. The number of nitriles is 1. The van der Waals surface area contributed by atoms with Crippen LogP contribution < -0.4 is 10.1 Å². The molecule has 1 N–H and O–H groups in total. The number of aryl methyl sites for hydroxylation is 2. The quantitative estimate of drug-likeness (QED) is 0.493. The molecule has 0 bridgehead atoms. The minimum atomic E-state index is -0.141. The number of anilines is 2. The van der Waals surface area contributed by atoms with Gasteiger partial charge in [-0.2, -0.15) is 10.4 Å². The van der Waals surface area contributed by atoms with E-state index in [-0.39, 0.29) is 6.10 Å². The van der Waals surface area contributed by atoms with E-state index in [9.17, 15) is 5.26 Å². The molecular formula is C22H22N8O. The molecule has 1 atom stereocenters. The molecule has 4 rings (SSSR count). The van der Waals surface area contributed by atoms with Gasteiger partial charge in [-0.3, -0.25) is 4.68 Å². The molecule has 1 unspecified atom stereocenters. The van der Waals surface area contributed by atoms with Gasteiger partial charge in [-0.1, -0.05) is 6.07 Å². The van der Waals surface area contributed by atoms with Crippen molar-refractivity contribution in [2.24, 2.45) is 7.05 Å². The van der Waals surface area contributed by atoms with Gasteiger partial charge in [0.05, 0.1) is 30.3 Å². The van der Waals surface area contributed by atoms with E-state index in [2.05, 4.69) is 31.4 Å². The third-order valence-electron chi connectivity index (χ3n) is 4.75. The number of aromatic nitrogens is 6. The maximum atomic E-state index is 9.49. The van der Waals surface area contributed by atoms with Crippen molar-refractivity contribution in [2.45, 2.75) is 26.5 Å². The first-order chi connectivity index (χ1) is 15.0. The van der Waals surface area contributed by atoms with Crippen LogP contribution in [-0.2, 0) is 13.6 Å². The molecule has 3 aromatic heterocycles. The lowest BCUT2D eigenvalue weighted by Gasteiger charge is -2.18. The summed E-state index contributed by atoms with van der Waals surface area (Å²) in [6.07, 6.45) is 10.4. The van der Waals surface area contributed by atoms with Gasteiger partial charge in [0.1, 0.15) is 17.9 Å². The topological polar surface area (TPSA) is 106 Å². The van der Waals surface area contributed by atoms with Crippen molar-refractivity contribution in [2.75, 3.05) is 5.32 Å². The SMILES string of the molecule is Cc1cncn1CC(C)Oc1cc(-c2cnc(Nc3cnn(C)c3)nc2)ccc1C#N. The molecule has 0 spiro atoms.